The van der Waals surface area contributed by atoms with Gasteiger partial charge < -0.3 is 33.2 Å². The van der Waals surface area contributed by atoms with Gasteiger partial charge in [-0.2, -0.15) is 5.26 Å². The Labute approximate surface area is 328 Å². The lowest BCUT2D eigenvalue weighted by atomic mass is 9.96. The highest BCUT2D eigenvalue weighted by atomic mass is 35.5. The van der Waals surface area contributed by atoms with E-state index >= 15 is 0 Å². The van der Waals surface area contributed by atoms with Gasteiger partial charge >= 0.3 is 0 Å². The second kappa shape index (κ2) is 21.0. The number of alkyl halides is 1. The maximum atomic E-state index is 12.1. The third-order valence-corrected chi connectivity index (χ3v) is 9.92. The summed E-state index contributed by atoms with van der Waals surface area (Å²) in [4.78, 5) is 4.80. The van der Waals surface area contributed by atoms with Crippen molar-refractivity contribution in [3.05, 3.63) is 106 Å². The van der Waals surface area contributed by atoms with Crippen LogP contribution in [0.25, 0.3) is 11.1 Å². The van der Waals surface area contributed by atoms with Crippen LogP contribution in [0.2, 0.25) is 5.02 Å². The highest BCUT2D eigenvalue weighted by Gasteiger charge is 2.21. The summed E-state index contributed by atoms with van der Waals surface area (Å²) in [5, 5.41) is 9.93. The molecule has 6 rings (SSSR count). The zero-order chi connectivity index (χ0) is 38.2. The van der Waals surface area contributed by atoms with Crippen molar-refractivity contribution in [2.24, 2.45) is 0 Å². The largest absolute Gasteiger partial charge is 0.488 e. The molecule has 0 saturated carbocycles. The smallest absolute Gasteiger partial charge is 0.161 e. The molecule has 0 spiro atoms. The number of rotatable bonds is 20. The van der Waals surface area contributed by atoms with E-state index in [1.54, 1.807) is 6.07 Å². The second-order valence-electron chi connectivity index (χ2n) is 13.4. The highest BCUT2D eigenvalue weighted by molar-refractivity contribution is 6.32. The van der Waals surface area contributed by atoms with Gasteiger partial charge in [-0.05, 0) is 65.1 Å². The minimum absolute atomic E-state index is 0.109. The lowest BCUT2D eigenvalue weighted by Gasteiger charge is -2.35. The molecule has 0 aromatic heterocycles. The summed E-state index contributed by atoms with van der Waals surface area (Å²) >= 11 is 6.92. The SMILES string of the molecule is Cc1c(COc2cc(OCc3cccc(C#N)c3)c(CN3CCN(CCOCCOCCOCC[18F])CC3)cc2Cl)cccc1-c1ccc2c(c1)OCCO2. The standard InChI is InChI=1S/C43H49ClFN3O7/c1-32-36(6-3-7-38(32)35-8-9-40-43(26-35)53-23-22-52-40)31-55-42-27-41(54-30-34-5-2-4-33(24-34)28-46)37(25-39(42)44)29-48-13-11-47(12-14-48)15-17-50-19-21-51-20-18-49-16-10-45/h2-9,24-27H,10-23,29-31H2,1H3/i45-1. The Kier molecular flexibility index (Phi) is 15.4. The van der Waals surface area contributed by atoms with Crippen LogP contribution in [-0.4, -0.2) is 102 Å². The van der Waals surface area contributed by atoms with Crippen LogP contribution in [0.5, 0.6) is 23.0 Å². The molecule has 1 fully saturated rings. The van der Waals surface area contributed by atoms with E-state index in [1.807, 2.05) is 48.5 Å². The number of piperazine rings is 1. The molecule has 0 atom stereocenters. The maximum absolute atomic E-state index is 12.1. The summed E-state index contributed by atoms with van der Waals surface area (Å²) in [5.74, 6) is 2.75. The van der Waals surface area contributed by atoms with E-state index in [0.29, 0.717) is 88.1 Å². The van der Waals surface area contributed by atoms with Gasteiger partial charge in [0.25, 0.3) is 0 Å². The number of nitrogens with zero attached hydrogens (tertiary/aromatic N) is 3. The number of nitriles is 1. The second-order valence-corrected chi connectivity index (χ2v) is 13.8. The van der Waals surface area contributed by atoms with Crippen LogP contribution in [0.4, 0.5) is 4.39 Å². The molecular formula is C43H49ClFN3O7. The molecule has 2 aliphatic heterocycles. The number of ether oxygens (including phenoxy) is 7. The first-order valence-electron chi connectivity index (χ1n) is 18.8. The fourth-order valence-corrected chi connectivity index (χ4v) is 6.80. The maximum Gasteiger partial charge on any atom is 0.161 e. The molecule has 4 aromatic carbocycles. The lowest BCUT2D eigenvalue weighted by molar-refractivity contribution is 0.00604. The molecule has 1 saturated heterocycles. The topological polar surface area (TPSA) is 94.9 Å². The minimum atomic E-state index is -0.480. The molecule has 55 heavy (non-hydrogen) atoms. The number of halogens is 2. The molecule has 292 valence electrons. The van der Waals surface area contributed by atoms with Crippen LogP contribution in [-0.2, 0) is 34.0 Å². The zero-order valence-electron chi connectivity index (χ0n) is 31.4. The first-order valence-corrected chi connectivity index (χ1v) is 19.2. The summed E-state index contributed by atoms with van der Waals surface area (Å²) in [5.41, 5.74) is 6.74. The number of hydrogen-bond acceptors (Lipinski definition) is 10. The summed E-state index contributed by atoms with van der Waals surface area (Å²) in [6, 6.07) is 25.7. The average Bonchev–Trinajstić information content (AvgIpc) is 3.21. The summed E-state index contributed by atoms with van der Waals surface area (Å²) in [6.45, 7) is 11.0. The van der Waals surface area contributed by atoms with Gasteiger partial charge in [0.05, 0.1) is 56.3 Å². The van der Waals surface area contributed by atoms with E-state index < -0.39 is 6.67 Å². The van der Waals surface area contributed by atoms with Gasteiger partial charge in [-0.1, -0.05) is 48.0 Å². The molecule has 0 radical (unpaired) electrons. The van der Waals surface area contributed by atoms with Crippen LogP contribution in [0.3, 0.4) is 0 Å². The first-order chi connectivity index (χ1) is 27.0. The lowest BCUT2D eigenvalue weighted by Crippen LogP contribution is -2.46. The van der Waals surface area contributed by atoms with E-state index in [-0.39, 0.29) is 6.61 Å². The van der Waals surface area contributed by atoms with Crippen molar-refractivity contribution < 1.29 is 37.5 Å². The van der Waals surface area contributed by atoms with Gasteiger partial charge in [0.1, 0.15) is 44.6 Å². The quantitative estimate of drug-likeness (QED) is 0.0856. The Balaban J connectivity index is 1.07. The van der Waals surface area contributed by atoms with E-state index in [0.717, 1.165) is 77.6 Å². The Morgan fingerprint density at radius 3 is 2.22 bits per heavy atom. The van der Waals surface area contributed by atoms with E-state index in [9.17, 15) is 9.65 Å². The number of fused-ring (bicyclic) bond motifs is 1. The van der Waals surface area contributed by atoms with Crippen molar-refractivity contribution in [1.82, 2.24) is 9.80 Å². The van der Waals surface area contributed by atoms with Gasteiger partial charge in [-0.25, -0.2) is 4.39 Å². The monoisotopic (exact) mass is 772 g/mol. The van der Waals surface area contributed by atoms with Crippen molar-refractivity contribution in [1.29, 1.82) is 5.26 Å². The minimum Gasteiger partial charge on any atom is -0.488 e. The van der Waals surface area contributed by atoms with Crippen LogP contribution in [0.1, 0.15) is 27.8 Å². The number of hydrogen-bond donors (Lipinski definition) is 0. The van der Waals surface area contributed by atoms with Crippen molar-refractivity contribution >= 4 is 11.6 Å². The molecule has 10 nitrogen and oxygen atoms in total. The average molecular weight is 773 g/mol. The van der Waals surface area contributed by atoms with Crippen LogP contribution in [0.15, 0.2) is 72.8 Å². The fraction of sp³-hybridized carbons (Fsp3) is 0.419. The third kappa shape index (κ3) is 11.8. The van der Waals surface area contributed by atoms with Crippen LogP contribution < -0.4 is 18.9 Å². The van der Waals surface area contributed by atoms with E-state index in [2.05, 4.69) is 41.0 Å². The predicted molar refractivity (Wildman–Crippen MR) is 209 cm³/mol. The zero-order valence-corrected chi connectivity index (χ0v) is 32.2. The summed E-state index contributed by atoms with van der Waals surface area (Å²) in [7, 11) is 0. The van der Waals surface area contributed by atoms with Gasteiger partial charge in [0, 0.05) is 50.9 Å². The first kappa shape index (κ1) is 40.3. The third-order valence-electron chi connectivity index (χ3n) is 9.62. The van der Waals surface area contributed by atoms with Gasteiger partial charge in [0.15, 0.2) is 11.5 Å². The molecule has 0 aliphatic carbocycles. The Bertz CT molecular complexity index is 1880. The van der Waals surface area contributed by atoms with Crippen molar-refractivity contribution in [3.63, 3.8) is 0 Å². The van der Waals surface area contributed by atoms with Gasteiger partial charge in [-0.3, -0.25) is 9.80 Å². The molecular weight excluding hydrogens is 724 g/mol. The summed E-state index contributed by atoms with van der Waals surface area (Å²) in [6.07, 6.45) is 0. The van der Waals surface area contributed by atoms with Gasteiger partial charge in [-0.15, -0.1) is 0 Å². The molecule has 0 amide bonds. The molecule has 2 aliphatic rings. The molecule has 0 bridgehead atoms. The molecule has 0 N–H and O–H groups in total. The van der Waals surface area contributed by atoms with E-state index in [4.69, 9.17) is 44.8 Å². The van der Waals surface area contributed by atoms with Gasteiger partial charge in [0.2, 0.25) is 0 Å². The number of benzene rings is 4. The Morgan fingerprint density at radius 1 is 0.727 bits per heavy atom. The predicted octanol–water partition coefficient (Wildman–Crippen LogP) is 7.25. The summed E-state index contributed by atoms with van der Waals surface area (Å²) < 4.78 is 52.7. The van der Waals surface area contributed by atoms with Crippen molar-refractivity contribution in [2.75, 3.05) is 92.3 Å². The Hall–Kier alpha value is -4.41. The van der Waals surface area contributed by atoms with Crippen molar-refractivity contribution in [3.8, 4) is 40.2 Å². The van der Waals surface area contributed by atoms with Crippen LogP contribution in [0, 0.1) is 18.3 Å². The molecule has 4 aromatic rings. The molecule has 12 heteroatoms. The molecule has 2 heterocycles. The normalized spacial score (nSPS) is 14.4. The van der Waals surface area contributed by atoms with Crippen LogP contribution >= 0.6 is 11.6 Å². The Morgan fingerprint density at radius 2 is 1.44 bits per heavy atom. The van der Waals surface area contributed by atoms with Crippen molar-refractivity contribution in [2.45, 2.75) is 26.7 Å². The highest BCUT2D eigenvalue weighted by Crippen LogP contribution is 2.38. The fourth-order valence-electron chi connectivity index (χ4n) is 6.56. The molecule has 0 unspecified atom stereocenters. The van der Waals surface area contributed by atoms with E-state index in [1.165, 1.54) is 0 Å².